The van der Waals surface area contributed by atoms with Crippen molar-refractivity contribution >= 4 is 0 Å². The molecule has 0 aliphatic carbocycles. The summed E-state index contributed by atoms with van der Waals surface area (Å²) < 4.78 is 0. The molecule has 1 N–H and O–H groups in total. The van der Waals surface area contributed by atoms with Gasteiger partial charge in [-0.05, 0) is 30.1 Å². The minimum Gasteiger partial charge on any atom is -0.230 e. The number of nitrogens with one attached hydrogen (secondary N) is 1. The molecule has 0 aromatic carbocycles. The van der Waals surface area contributed by atoms with Crippen LogP contribution in [0.1, 0.15) is 48.0 Å². The average molecular weight is 255 g/mol. The molecule has 1 rings (SSSR count). The summed E-state index contributed by atoms with van der Waals surface area (Å²) in [6, 6.07) is 0. The van der Waals surface area contributed by atoms with Gasteiger partial charge >= 0.3 is 0 Å². The van der Waals surface area contributed by atoms with Crippen LogP contribution < -0.4 is 5.53 Å². The highest BCUT2D eigenvalue weighted by Crippen LogP contribution is 2.18. The second-order valence-corrected chi connectivity index (χ2v) is 7.19. The van der Waals surface area contributed by atoms with E-state index in [1.165, 1.54) is 19.5 Å². The zero-order valence-electron chi connectivity index (χ0n) is 13.2. The Morgan fingerprint density at radius 3 is 1.61 bits per heavy atom. The smallest absolute Gasteiger partial charge is 0.0185 e. The highest BCUT2D eigenvalue weighted by Gasteiger charge is 2.26. The molecule has 0 unspecified atom stereocenters. The Balaban J connectivity index is 2.54. The Morgan fingerprint density at radius 1 is 0.833 bits per heavy atom. The second kappa shape index (κ2) is 7.46. The van der Waals surface area contributed by atoms with Gasteiger partial charge in [0.15, 0.2) is 0 Å². The molecule has 0 aromatic rings. The van der Waals surface area contributed by atoms with Gasteiger partial charge in [0.05, 0.1) is 0 Å². The Labute approximate surface area is 114 Å². The first kappa shape index (κ1) is 15.9. The molecule has 0 atom stereocenters. The highest BCUT2D eigenvalue weighted by atomic mass is 15.8. The maximum absolute atomic E-state index is 3.59. The minimum atomic E-state index is 0.719. The Hall–Kier alpha value is -0.120. The van der Waals surface area contributed by atoms with E-state index >= 15 is 0 Å². The van der Waals surface area contributed by atoms with E-state index in [0.717, 1.165) is 36.8 Å². The molecule has 0 spiro atoms. The van der Waals surface area contributed by atoms with Crippen LogP contribution in [0.5, 0.6) is 0 Å². The van der Waals surface area contributed by atoms with E-state index in [0.29, 0.717) is 0 Å². The fourth-order valence-electron chi connectivity index (χ4n) is 2.89. The topological polar surface area (TPSA) is 18.5 Å². The van der Waals surface area contributed by atoms with Crippen LogP contribution in [0.25, 0.3) is 0 Å². The number of hydrogen-bond acceptors (Lipinski definition) is 3. The van der Waals surface area contributed by atoms with Gasteiger partial charge < -0.3 is 0 Å². The predicted molar refractivity (Wildman–Crippen MR) is 78.9 cm³/mol. The van der Waals surface area contributed by atoms with Gasteiger partial charge in [-0.3, -0.25) is 0 Å². The molecule has 0 bridgehead atoms. The summed E-state index contributed by atoms with van der Waals surface area (Å²) in [5.41, 5.74) is 3.59. The van der Waals surface area contributed by atoms with Gasteiger partial charge in [0.1, 0.15) is 0 Å². The molecular formula is C15H33N3. The molecule has 1 saturated heterocycles. The van der Waals surface area contributed by atoms with Crippen LogP contribution in [-0.2, 0) is 0 Å². The summed E-state index contributed by atoms with van der Waals surface area (Å²) in [7, 11) is 0. The van der Waals surface area contributed by atoms with Crippen molar-refractivity contribution in [1.29, 1.82) is 0 Å². The molecule has 1 aliphatic rings. The van der Waals surface area contributed by atoms with Crippen molar-refractivity contribution < 1.29 is 0 Å². The molecule has 0 saturated carbocycles. The minimum absolute atomic E-state index is 0.719. The first-order valence-corrected chi connectivity index (χ1v) is 7.63. The van der Waals surface area contributed by atoms with E-state index in [2.05, 4.69) is 57.1 Å². The summed E-state index contributed by atoms with van der Waals surface area (Å²) in [6.45, 7) is 18.5. The first-order chi connectivity index (χ1) is 8.36. The molecule has 3 nitrogen and oxygen atoms in total. The van der Waals surface area contributed by atoms with Crippen molar-refractivity contribution in [2.75, 3.05) is 26.2 Å². The maximum atomic E-state index is 3.59. The van der Waals surface area contributed by atoms with Crippen molar-refractivity contribution in [3.05, 3.63) is 0 Å². The van der Waals surface area contributed by atoms with Crippen LogP contribution in [0, 0.1) is 23.7 Å². The molecular weight excluding hydrogens is 222 g/mol. The van der Waals surface area contributed by atoms with Gasteiger partial charge in [0.2, 0.25) is 0 Å². The van der Waals surface area contributed by atoms with Gasteiger partial charge in [-0.25, -0.2) is 10.0 Å². The van der Waals surface area contributed by atoms with Gasteiger partial charge in [0, 0.05) is 26.2 Å². The second-order valence-electron chi connectivity index (χ2n) is 7.19. The molecule has 1 heterocycles. The molecule has 108 valence electrons. The van der Waals surface area contributed by atoms with Crippen LogP contribution in [-0.4, -0.2) is 36.2 Å². The van der Waals surface area contributed by atoms with E-state index in [4.69, 9.17) is 0 Å². The van der Waals surface area contributed by atoms with Gasteiger partial charge in [0.25, 0.3) is 0 Å². The average Bonchev–Trinajstić information content (AvgIpc) is 2.12. The van der Waals surface area contributed by atoms with E-state index in [1.807, 2.05) is 0 Å². The van der Waals surface area contributed by atoms with Crippen LogP contribution in [0.2, 0.25) is 0 Å². The quantitative estimate of drug-likeness (QED) is 0.787. The fourth-order valence-corrected chi connectivity index (χ4v) is 2.89. The number of nitrogens with zero attached hydrogens (tertiary/aromatic N) is 2. The normalized spacial score (nSPS) is 20.5. The van der Waals surface area contributed by atoms with E-state index in [9.17, 15) is 0 Å². The number of hydrogen-bond donors (Lipinski definition) is 1. The van der Waals surface area contributed by atoms with Crippen molar-refractivity contribution in [1.82, 2.24) is 15.6 Å². The zero-order chi connectivity index (χ0) is 13.7. The Morgan fingerprint density at radius 2 is 1.28 bits per heavy atom. The third-order valence-corrected chi connectivity index (χ3v) is 3.22. The summed E-state index contributed by atoms with van der Waals surface area (Å²) >= 11 is 0. The molecule has 0 radical (unpaired) electrons. The Kier molecular flexibility index (Phi) is 6.61. The van der Waals surface area contributed by atoms with Gasteiger partial charge in [-0.15, -0.1) is 0 Å². The van der Waals surface area contributed by atoms with Crippen molar-refractivity contribution in [3.63, 3.8) is 0 Å². The van der Waals surface area contributed by atoms with Crippen LogP contribution in [0.3, 0.4) is 0 Å². The monoisotopic (exact) mass is 255 g/mol. The van der Waals surface area contributed by atoms with Crippen molar-refractivity contribution in [2.45, 2.75) is 48.0 Å². The number of rotatable bonds is 6. The fraction of sp³-hybridized carbons (Fsp3) is 1.00. The lowest BCUT2D eigenvalue weighted by molar-refractivity contribution is -0.0581. The lowest BCUT2D eigenvalue weighted by atomic mass is 9.95. The lowest BCUT2D eigenvalue weighted by Gasteiger charge is -2.42. The summed E-state index contributed by atoms with van der Waals surface area (Å²) in [5.74, 6) is 3.05. The molecule has 1 fully saturated rings. The van der Waals surface area contributed by atoms with Crippen LogP contribution in [0.4, 0.5) is 0 Å². The Bertz CT molecular complexity index is 182. The van der Waals surface area contributed by atoms with Crippen LogP contribution >= 0.6 is 0 Å². The summed E-state index contributed by atoms with van der Waals surface area (Å²) in [4.78, 5) is 0. The standard InChI is InChI=1S/C15H33N3/c1-12(2)7-15-10-17(8-13(3)4)16-18(11-15)9-14(5)6/h12-16H,7-11H2,1-6H3. The summed E-state index contributed by atoms with van der Waals surface area (Å²) in [5, 5.41) is 4.84. The third kappa shape index (κ3) is 6.17. The maximum Gasteiger partial charge on any atom is 0.0185 e. The largest absolute Gasteiger partial charge is 0.230 e. The molecule has 0 aromatic heterocycles. The zero-order valence-corrected chi connectivity index (χ0v) is 13.2. The molecule has 0 amide bonds. The number of hydrazine groups is 2. The third-order valence-electron chi connectivity index (χ3n) is 3.22. The van der Waals surface area contributed by atoms with E-state index in [1.54, 1.807) is 0 Å². The first-order valence-electron chi connectivity index (χ1n) is 7.63. The lowest BCUT2D eigenvalue weighted by Crippen LogP contribution is -2.60. The SMILES string of the molecule is CC(C)CC1CN(CC(C)C)NN(CC(C)C)C1. The van der Waals surface area contributed by atoms with Gasteiger partial charge in [-0.1, -0.05) is 41.5 Å². The van der Waals surface area contributed by atoms with Crippen LogP contribution in [0.15, 0.2) is 0 Å². The molecule has 1 aliphatic heterocycles. The highest BCUT2D eigenvalue weighted by molar-refractivity contribution is 4.74. The van der Waals surface area contributed by atoms with Crippen molar-refractivity contribution in [2.24, 2.45) is 23.7 Å². The van der Waals surface area contributed by atoms with Gasteiger partial charge in [-0.2, -0.15) is 5.53 Å². The molecule has 3 heteroatoms. The van der Waals surface area contributed by atoms with E-state index in [-0.39, 0.29) is 0 Å². The van der Waals surface area contributed by atoms with E-state index < -0.39 is 0 Å². The summed E-state index contributed by atoms with van der Waals surface area (Å²) in [6.07, 6.45) is 1.34. The predicted octanol–water partition coefficient (Wildman–Crippen LogP) is 3.00. The van der Waals surface area contributed by atoms with Crippen molar-refractivity contribution in [3.8, 4) is 0 Å². The molecule has 18 heavy (non-hydrogen) atoms.